The third kappa shape index (κ3) is 4.63. The number of rotatable bonds is 5. The second-order valence-electron chi connectivity index (χ2n) is 8.85. The van der Waals surface area contributed by atoms with Gasteiger partial charge in [-0.15, -0.1) is 0 Å². The molecule has 2 aromatic carbocycles. The minimum absolute atomic E-state index is 0.116. The van der Waals surface area contributed by atoms with Crippen LogP contribution in [0.1, 0.15) is 43.9 Å². The number of hydrogen-bond donors (Lipinski definition) is 0. The largest absolute Gasteiger partial charge is 0.486 e. The molecular weight excluding hydrogens is 542 g/mol. The van der Waals surface area contributed by atoms with Crippen molar-refractivity contribution in [1.82, 2.24) is 4.31 Å². The van der Waals surface area contributed by atoms with E-state index in [0.29, 0.717) is 23.3 Å². The molecule has 2 heterocycles. The van der Waals surface area contributed by atoms with Crippen molar-refractivity contribution in [2.45, 2.75) is 54.2 Å². The SMILES string of the molecule is CC1(C)Oc2ccc(C#N)cc2[C@H](OC(=O)[C@@H]2CCCN2S(=O)(=O)c2ccc([N+](=O)[O-])cc2)[C@H]1Br. The molecule has 2 aromatic rings. The van der Waals surface area contributed by atoms with E-state index in [-0.39, 0.29) is 23.5 Å². The van der Waals surface area contributed by atoms with Crippen LogP contribution in [-0.2, 0) is 19.6 Å². The lowest BCUT2D eigenvalue weighted by Crippen LogP contribution is -2.48. The minimum atomic E-state index is -4.09. The third-order valence-electron chi connectivity index (χ3n) is 6.12. The number of carbonyl (C=O) groups excluding carboxylic acids is 1. The van der Waals surface area contributed by atoms with Gasteiger partial charge in [0.25, 0.3) is 5.69 Å². The van der Waals surface area contributed by atoms with Gasteiger partial charge >= 0.3 is 5.97 Å². The topological polar surface area (TPSA) is 140 Å². The molecule has 0 spiro atoms. The molecule has 10 nitrogen and oxygen atoms in total. The van der Waals surface area contributed by atoms with E-state index in [1.807, 2.05) is 13.8 Å². The van der Waals surface area contributed by atoms with Gasteiger partial charge in [-0.25, -0.2) is 8.42 Å². The Bertz CT molecular complexity index is 1320. The van der Waals surface area contributed by atoms with Gasteiger partial charge in [-0.2, -0.15) is 9.57 Å². The fourth-order valence-electron chi connectivity index (χ4n) is 4.26. The number of alkyl halides is 1. The lowest BCUT2D eigenvalue weighted by Gasteiger charge is -2.42. The van der Waals surface area contributed by atoms with Crippen LogP contribution >= 0.6 is 15.9 Å². The first-order valence-corrected chi connectivity index (χ1v) is 13.1. The number of nitrogens with zero attached hydrogens (tertiary/aromatic N) is 3. The predicted octanol–water partition coefficient (Wildman–Crippen LogP) is 3.84. The monoisotopic (exact) mass is 563 g/mol. The highest BCUT2D eigenvalue weighted by atomic mass is 79.9. The lowest BCUT2D eigenvalue weighted by molar-refractivity contribution is -0.384. The van der Waals surface area contributed by atoms with Gasteiger partial charge in [0, 0.05) is 24.2 Å². The number of halogens is 1. The molecule has 184 valence electrons. The van der Waals surface area contributed by atoms with Gasteiger partial charge < -0.3 is 9.47 Å². The van der Waals surface area contributed by atoms with E-state index in [9.17, 15) is 28.6 Å². The zero-order chi connectivity index (χ0) is 25.5. The number of nitro benzene ring substituents is 1. The van der Waals surface area contributed by atoms with Gasteiger partial charge in [-0.3, -0.25) is 14.9 Å². The zero-order valence-electron chi connectivity index (χ0n) is 18.9. The fraction of sp³-hybridized carbons (Fsp3) is 0.391. The van der Waals surface area contributed by atoms with Crippen molar-refractivity contribution in [3.8, 4) is 11.8 Å². The summed E-state index contributed by atoms with van der Waals surface area (Å²) in [6.07, 6.45) is -0.0903. The first-order chi connectivity index (χ1) is 16.5. The van der Waals surface area contributed by atoms with Crippen molar-refractivity contribution < 1.29 is 27.6 Å². The van der Waals surface area contributed by atoms with Gasteiger partial charge in [-0.1, -0.05) is 15.9 Å². The standard InChI is InChI=1S/C23H22BrN3O7S/c1-23(2)21(24)20(17-12-14(13-25)5-10-19(17)34-23)33-22(28)18-4-3-11-26(18)35(31,32)16-8-6-15(7-9-16)27(29)30/h5-10,12,18,20-21H,3-4,11H2,1-2H3/t18-,20-,21+/m0/s1. The second kappa shape index (κ2) is 9.22. The molecule has 3 atom stereocenters. The molecule has 0 aliphatic carbocycles. The van der Waals surface area contributed by atoms with Crippen LogP contribution in [0.5, 0.6) is 5.75 Å². The highest BCUT2D eigenvalue weighted by molar-refractivity contribution is 9.09. The van der Waals surface area contributed by atoms with Gasteiger partial charge in [0.1, 0.15) is 23.5 Å². The molecule has 2 aliphatic rings. The molecule has 1 fully saturated rings. The molecule has 0 N–H and O–H groups in total. The highest BCUT2D eigenvalue weighted by Crippen LogP contribution is 2.46. The number of esters is 1. The molecule has 0 unspecified atom stereocenters. The summed E-state index contributed by atoms with van der Waals surface area (Å²) >= 11 is 3.57. The first-order valence-electron chi connectivity index (χ1n) is 10.8. The molecule has 0 amide bonds. The Hall–Kier alpha value is -3.01. The summed E-state index contributed by atoms with van der Waals surface area (Å²) in [6.45, 7) is 3.77. The Morgan fingerprint density at radius 1 is 1.29 bits per heavy atom. The van der Waals surface area contributed by atoms with E-state index in [0.717, 1.165) is 28.6 Å². The van der Waals surface area contributed by atoms with Crippen LogP contribution in [0.3, 0.4) is 0 Å². The van der Waals surface area contributed by atoms with Crippen molar-refractivity contribution in [3.63, 3.8) is 0 Å². The molecule has 0 saturated carbocycles. The molecule has 2 aliphatic heterocycles. The van der Waals surface area contributed by atoms with Crippen molar-refractivity contribution in [2.24, 2.45) is 0 Å². The van der Waals surface area contributed by atoms with Gasteiger partial charge in [0.2, 0.25) is 10.0 Å². The number of fused-ring (bicyclic) bond motifs is 1. The molecule has 35 heavy (non-hydrogen) atoms. The summed E-state index contributed by atoms with van der Waals surface area (Å²) in [5.74, 6) is -0.238. The molecule has 1 saturated heterocycles. The first kappa shape index (κ1) is 25.1. The van der Waals surface area contributed by atoms with Crippen LogP contribution in [0.15, 0.2) is 47.4 Å². The van der Waals surface area contributed by atoms with Crippen LogP contribution < -0.4 is 4.74 Å². The molecule has 12 heteroatoms. The van der Waals surface area contributed by atoms with Crippen molar-refractivity contribution >= 4 is 37.6 Å². The Labute approximate surface area is 210 Å². The van der Waals surface area contributed by atoms with Crippen LogP contribution in [-0.4, -0.2) is 46.6 Å². The third-order valence-corrected chi connectivity index (χ3v) is 9.63. The normalized spacial score (nSPS) is 23.5. The maximum Gasteiger partial charge on any atom is 0.325 e. The maximum absolute atomic E-state index is 13.3. The second-order valence-corrected chi connectivity index (χ2v) is 11.7. The van der Waals surface area contributed by atoms with Crippen LogP contribution in [0.25, 0.3) is 0 Å². The minimum Gasteiger partial charge on any atom is -0.486 e. The fourth-order valence-corrected chi connectivity index (χ4v) is 6.39. The number of ether oxygens (including phenoxy) is 2. The quantitative estimate of drug-likeness (QED) is 0.231. The number of nitriles is 1. The highest BCUT2D eigenvalue weighted by Gasteiger charge is 2.47. The number of nitro groups is 1. The molecule has 0 radical (unpaired) electrons. The Kier molecular flexibility index (Phi) is 6.61. The van der Waals surface area contributed by atoms with Gasteiger partial charge in [-0.05, 0) is 57.0 Å². The Morgan fingerprint density at radius 2 is 1.97 bits per heavy atom. The van der Waals surface area contributed by atoms with E-state index in [1.54, 1.807) is 18.2 Å². The number of benzene rings is 2. The van der Waals surface area contributed by atoms with Crippen LogP contribution in [0, 0.1) is 21.4 Å². The summed E-state index contributed by atoms with van der Waals surface area (Å²) < 4.78 is 39.5. The van der Waals surface area contributed by atoms with Crippen LogP contribution in [0.4, 0.5) is 5.69 Å². The number of carbonyl (C=O) groups is 1. The summed E-state index contributed by atoms with van der Waals surface area (Å²) in [6, 6.07) is 10.4. The van der Waals surface area contributed by atoms with Crippen LogP contribution in [0.2, 0.25) is 0 Å². The van der Waals surface area contributed by atoms with Crippen molar-refractivity contribution in [3.05, 3.63) is 63.7 Å². The summed E-state index contributed by atoms with van der Waals surface area (Å²) in [7, 11) is -4.09. The van der Waals surface area contributed by atoms with Gasteiger partial charge in [0.15, 0.2) is 0 Å². The van der Waals surface area contributed by atoms with E-state index in [1.165, 1.54) is 0 Å². The Balaban J connectivity index is 1.62. The molecule has 4 rings (SSSR count). The van der Waals surface area contributed by atoms with E-state index in [4.69, 9.17) is 9.47 Å². The number of non-ortho nitro benzene ring substituents is 1. The van der Waals surface area contributed by atoms with E-state index in [2.05, 4.69) is 22.0 Å². The predicted molar refractivity (Wildman–Crippen MR) is 127 cm³/mol. The zero-order valence-corrected chi connectivity index (χ0v) is 21.3. The Morgan fingerprint density at radius 3 is 2.60 bits per heavy atom. The number of hydrogen-bond acceptors (Lipinski definition) is 8. The molecule has 0 aromatic heterocycles. The molecule has 0 bridgehead atoms. The summed E-state index contributed by atoms with van der Waals surface area (Å²) in [5, 5.41) is 20.2. The van der Waals surface area contributed by atoms with Crippen molar-refractivity contribution in [2.75, 3.05) is 6.54 Å². The maximum atomic E-state index is 13.3. The van der Waals surface area contributed by atoms with Crippen molar-refractivity contribution in [1.29, 1.82) is 5.26 Å². The molecular formula is C23H22BrN3O7S. The van der Waals surface area contributed by atoms with E-state index < -0.39 is 43.5 Å². The van der Waals surface area contributed by atoms with E-state index >= 15 is 0 Å². The average Bonchev–Trinajstić information content (AvgIpc) is 3.33. The smallest absolute Gasteiger partial charge is 0.325 e. The lowest BCUT2D eigenvalue weighted by atomic mass is 9.90. The number of sulfonamides is 1. The van der Waals surface area contributed by atoms with Gasteiger partial charge in [0.05, 0.1) is 26.3 Å². The summed E-state index contributed by atoms with van der Waals surface area (Å²) in [5.41, 5.74) is -0.105. The summed E-state index contributed by atoms with van der Waals surface area (Å²) in [4.78, 5) is 23.0. The average molecular weight is 564 g/mol.